The zero-order valence-electron chi connectivity index (χ0n) is 56.1. The van der Waals surface area contributed by atoms with Crippen LogP contribution in [0.5, 0.6) is 0 Å². The molecule has 0 aromatic carbocycles. The van der Waals surface area contributed by atoms with Gasteiger partial charge in [-0.2, -0.15) is 0 Å². The molecule has 0 radical (unpaired) electrons. The number of allylic oxidation sites excluding steroid dienone is 11. The maximum Gasteiger partial charge on any atom is 0.138 e. The molecule has 0 spiro atoms. The highest BCUT2D eigenvalue weighted by molar-refractivity contribution is 5.79. The van der Waals surface area contributed by atoms with Crippen LogP contribution in [0.15, 0.2) is 97.2 Å². The molecule has 0 bridgehead atoms. The van der Waals surface area contributed by atoms with Crippen molar-refractivity contribution in [1.29, 1.82) is 0 Å². The third-order valence-corrected chi connectivity index (χ3v) is 18.0. The summed E-state index contributed by atoms with van der Waals surface area (Å²) >= 11 is 0. The first kappa shape index (κ1) is 87.8. The lowest BCUT2D eigenvalue weighted by Crippen LogP contribution is -2.59. The van der Waals surface area contributed by atoms with Gasteiger partial charge in [-0.15, -0.1) is 0 Å². The maximum absolute atomic E-state index is 12.5. The van der Waals surface area contributed by atoms with Crippen molar-refractivity contribution in [3.63, 3.8) is 0 Å². The van der Waals surface area contributed by atoms with E-state index >= 15 is 0 Å². The predicted octanol–water partition coefficient (Wildman–Crippen LogP) is 1.40. The number of ketones is 1. The number of aliphatic hydroxyl groups excluding tert-OH is 21. The minimum Gasteiger partial charge on any atom is -0.394 e. The standard InChI is InChI=1S/C71H122O24/c1-6-7-8-9-10-11-12-13-14-15-16-17-18-19-27-54(80)65(89)70-68(92)60(86)41-62(95-70)69(93)64(88)45(4)30-33-53(79)61-40-59(85)67(91)71(94-61)66(90)57(83)35-44(3)29-32-50(76)39-58(84)63(87)46(5)36-56(82)55(81)34-43(2)28-31-49(75)38-52(78)37-48(74)26-22-25-47(73)23-20-21-24-51(77)42-72/h6-8,11-16,19,27,35,43,46-51,53-77,79-93H,1,4,9-10,17-18,20-26,28-34,36-42H2,2-3,5H3/b8-7+,12-11+,14-13+,16-15+,27-19+,44-35+/t43?,46?,47?,48?,49?,50?,51?,53-,54+,55?,56?,57-,58?,59-,60-,61-,62-,63?,64-,65+,66+,67-,68-,69+,70+,71+/m1/s1. The van der Waals surface area contributed by atoms with Crippen molar-refractivity contribution in [3.05, 3.63) is 97.2 Å². The van der Waals surface area contributed by atoms with Crippen molar-refractivity contribution >= 4 is 5.78 Å². The second-order valence-electron chi connectivity index (χ2n) is 26.7. The van der Waals surface area contributed by atoms with Crippen molar-refractivity contribution in [2.45, 2.75) is 321 Å². The van der Waals surface area contributed by atoms with Crippen LogP contribution in [0.4, 0.5) is 0 Å². The molecule has 24 nitrogen and oxygen atoms in total. The molecule has 21 N–H and O–H groups in total. The number of rotatable bonds is 51. The average Bonchev–Trinajstić information content (AvgIpc) is 0.840. The molecule has 2 aliphatic heterocycles. The molecule has 0 aromatic heterocycles. The van der Waals surface area contributed by atoms with Crippen LogP contribution in [0.2, 0.25) is 0 Å². The summed E-state index contributed by atoms with van der Waals surface area (Å²) in [6.45, 7) is 12.1. The van der Waals surface area contributed by atoms with Gasteiger partial charge in [-0.05, 0) is 133 Å². The van der Waals surface area contributed by atoms with Gasteiger partial charge in [0, 0.05) is 32.1 Å². The molecule has 2 rings (SSSR count). The largest absolute Gasteiger partial charge is 0.394 e. The van der Waals surface area contributed by atoms with Gasteiger partial charge < -0.3 is 117 Å². The SMILES string of the molecule is C=C/C=C/CC/C=C/C=C/C=C/CC/C=C/[C@H](O)[C@H](O)[C@@H]1O[C@@H]([C@H](O)[C@H](O)C(=C)CC[C@@H](O)[C@H]2C[C@@H](O)[C@@H](O)[C@H]([C@@H](O)[C@H](O)/C=C(\C)CCC(O)CC(O)C(O)C(C)CC(O)C(O)CC(C)CCC(O)CC(=O)CC(O)CCCC(O)CCCCC(O)CO)O2)C[C@@H](O)[C@H]1O. The van der Waals surface area contributed by atoms with Gasteiger partial charge in [-0.25, -0.2) is 0 Å². The van der Waals surface area contributed by atoms with E-state index in [9.17, 15) is 107 Å². The number of aliphatic hydroxyl groups is 21. The fourth-order valence-corrected chi connectivity index (χ4v) is 11.8. The van der Waals surface area contributed by atoms with E-state index in [2.05, 4.69) is 13.2 Å². The highest BCUT2D eigenvalue weighted by atomic mass is 16.6. The minimum atomic E-state index is -1.84. The normalized spacial score (nSPS) is 26.8. The average molecular weight is 1360 g/mol. The zero-order valence-corrected chi connectivity index (χ0v) is 56.1. The third-order valence-electron chi connectivity index (χ3n) is 18.0. The minimum absolute atomic E-state index is 0.00134. The number of carbonyl (C=O) groups excluding carboxylic acids is 1. The Bertz CT molecular complexity index is 2260. The number of hydrogen-bond donors (Lipinski definition) is 21. The lowest BCUT2D eigenvalue weighted by atomic mass is 9.86. The Balaban J connectivity index is 1.80. The molecular formula is C71H122O24. The van der Waals surface area contributed by atoms with Crippen molar-refractivity contribution in [1.82, 2.24) is 0 Å². The van der Waals surface area contributed by atoms with E-state index in [1.807, 2.05) is 55.5 Å². The molecular weight excluding hydrogens is 1240 g/mol. The molecule has 2 aliphatic rings. The second-order valence-corrected chi connectivity index (χ2v) is 26.7. The topological polar surface area (TPSA) is 460 Å². The highest BCUT2D eigenvalue weighted by Crippen LogP contribution is 2.32. The van der Waals surface area contributed by atoms with Gasteiger partial charge in [0.15, 0.2) is 0 Å². The van der Waals surface area contributed by atoms with Crippen LogP contribution in [0.25, 0.3) is 0 Å². The number of ether oxygens (including phenoxy) is 2. The first-order valence-corrected chi connectivity index (χ1v) is 34.2. The summed E-state index contributed by atoms with van der Waals surface area (Å²) in [5.74, 6) is -1.23. The first-order valence-electron chi connectivity index (χ1n) is 34.2. The summed E-state index contributed by atoms with van der Waals surface area (Å²) in [7, 11) is 0. The Kier molecular flexibility index (Phi) is 44.8. The lowest BCUT2D eigenvalue weighted by Gasteiger charge is -2.42. The van der Waals surface area contributed by atoms with Crippen LogP contribution in [0.1, 0.15) is 175 Å². The molecule has 11 unspecified atom stereocenters. The summed E-state index contributed by atoms with van der Waals surface area (Å²) in [5.41, 5.74) is 0.458. The second kappa shape index (κ2) is 48.4. The number of unbranched alkanes of at least 4 members (excludes halogenated alkanes) is 3. The van der Waals surface area contributed by atoms with E-state index in [0.29, 0.717) is 69.8 Å². The molecule has 0 saturated carbocycles. The molecule has 2 fully saturated rings. The fraction of sp³-hybridized carbons (Fsp3) is 0.761. The summed E-state index contributed by atoms with van der Waals surface area (Å²) < 4.78 is 11.6. The Morgan fingerprint density at radius 2 is 1.02 bits per heavy atom. The Hall–Kier alpha value is -3.33. The van der Waals surface area contributed by atoms with Crippen LogP contribution in [-0.2, 0) is 14.3 Å². The molecule has 26 atom stereocenters. The molecule has 2 saturated heterocycles. The Morgan fingerprint density at radius 3 is 1.61 bits per heavy atom. The van der Waals surface area contributed by atoms with Gasteiger partial charge in [0.2, 0.25) is 0 Å². The zero-order chi connectivity index (χ0) is 71.3. The van der Waals surface area contributed by atoms with E-state index in [1.165, 1.54) is 12.2 Å². The Labute approximate surface area is 562 Å². The quantitative estimate of drug-likeness (QED) is 0.0232. The molecule has 0 aliphatic carbocycles. The fourth-order valence-electron chi connectivity index (χ4n) is 11.8. The van der Waals surface area contributed by atoms with Gasteiger partial charge in [-0.1, -0.05) is 118 Å². The molecule has 0 amide bonds. The lowest BCUT2D eigenvalue weighted by molar-refractivity contribution is -0.234. The smallest absolute Gasteiger partial charge is 0.138 e. The van der Waals surface area contributed by atoms with E-state index in [0.717, 1.165) is 12.8 Å². The summed E-state index contributed by atoms with van der Waals surface area (Å²) in [6, 6.07) is 0. The summed E-state index contributed by atoms with van der Waals surface area (Å²) in [4.78, 5) is 12.5. The predicted molar refractivity (Wildman–Crippen MR) is 357 cm³/mol. The molecule has 2 heterocycles. The van der Waals surface area contributed by atoms with E-state index in [1.54, 1.807) is 26.0 Å². The van der Waals surface area contributed by atoms with E-state index < -0.39 is 152 Å². The van der Waals surface area contributed by atoms with Crippen LogP contribution in [0, 0.1) is 11.8 Å². The van der Waals surface area contributed by atoms with Crippen LogP contribution in [0.3, 0.4) is 0 Å². The van der Waals surface area contributed by atoms with Gasteiger partial charge in [0.05, 0.1) is 92.1 Å². The molecule has 95 heavy (non-hydrogen) atoms. The van der Waals surface area contributed by atoms with Gasteiger partial charge in [0.1, 0.15) is 66.8 Å². The summed E-state index contributed by atoms with van der Waals surface area (Å²) in [6.07, 6.45) is -6.28. The van der Waals surface area contributed by atoms with E-state index in [4.69, 9.17) is 14.6 Å². The molecule has 550 valence electrons. The Morgan fingerprint density at radius 1 is 0.516 bits per heavy atom. The van der Waals surface area contributed by atoms with Gasteiger partial charge in [0.25, 0.3) is 0 Å². The first-order chi connectivity index (χ1) is 44.9. The number of carbonyl (C=O) groups is 1. The molecule has 24 heteroatoms. The van der Waals surface area contributed by atoms with Crippen molar-refractivity contribution in [2.75, 3.05) is 6.61 Å². The van der Waals surface area contributed by atoms with Crippen LogP contribution >= 0.6 is 0 Å². The maximum atomic E-state index is 12.5. The summed E-state index contributed by atoms with van der Waals surface area (Å²) in [5, 5.41) is 224. The third kappa shape index (κ3) is 35.0. The highest BCUT2D eigenvalue weighted by Gasteiger charge is 2.47. The monoisotopic (exact) mass is 1360 g/mol. The van der Waals surface area contributed by atoms with Crippen LogP contribution < -0.4 is 0 Å². The van der Waals surface area contributed by atoms with E-state index in [-0.39, 0.29) is 101 Å². The van der Waals surface area contributed by atoms with Crippen LogP contribution in [-0.4, -0.2) is 266 Å². The van der Waals surface area contributed by atoms with Crippen molar-refractivity contribution < 1.29 is 122 Å². The van der Waals surface area contributed by atoms with Gasteiger partial charge in [-0.3, -0.25) is 4.79 Å². The number of Topliss-reactive ketones (excluding diaryl/α,β-unsaturated/α-hetero) is 1. The molecule has 0 aromatic rings. The van der Waals surface area contributed by atoms with Crippen molar-refractivity contribution in [3.8, 4) is 0 Å². The van der Waals surface area contributed by atoms with Gasteiger partial charge >= 0.3 is 0 Å². The van der Waals surface area contributed by atoms with Crippen molar-refractivity contribution in [2.24, 2.45) is 11.8 Å². The number of hydrogen-bond acceptors (Lipinski definition) is 24.